The molecule has 0 spiro atoms. The second kappa shape index (κ2) is 8.15. The van der Waals surface area contributed by atoms with Crippen molar-refractivity contribution in [3.63, 3.8) is 0 Å². The van der Waals surface area contributed by atoms with Crippen LogP contribution in [0.25, 0.3) is 0 Å². The topological polar surface area (TPSA) is 12.0 Å². The summed E-state index contributed by atoms with van der Waals surface area (Å²) in [4.78, 5) is 0. The summed E-state index contributed by atoms with van der Waals surface area (Å²) < 4.78 is 0. The summed E-state index contributed by atoms with van der Waals surface area (Å²) in [5.41, 5.74) is 0. The standard InChI is InChI=1S/C14H31N/c1-7-9-12(5)10-14(15-8-2)13(6)11(3)4/h11-15H,7-10H2,1-6H3. The second-order valence-electron chi connectivity index (χ2n) is 5.40. The van der Waals surface area contributed by atoms with Crippen LogP contribution in [-0.4, -0.2) is 12.6 Å². The van der Waals surface area contributed by atoms with E-state index in [4.69, 9.17) is 0 Å². The van der Waals surface area contributed by atoms with Crippen LogP contribution in [0.2, 0.25) is 0 Å². The van der Waals surface area contributed by atoms with Crippen LogP contribution >= 0.6 is 0 Å². The third-order valence-electron chi connectivity index (χ3n) is 3.59. The molecule has 3 unspecified atom stereocenters. The smallest absolute Gasteiger partial charge is 0.00975 e. The van der Waals surface area contributed by atoms with E-state index < -0.39 is 0 Å². The molecule has 1 N–H and O–H groups in total. The Balaban J connectivity index is 4.13. The van der Waals surface area contributed by atoms with Crippen molar-refractivity contribution >= 4 is 0 Å². The van der Waals surface area contributed by atoms with Gasteiger partial charge in [-0.1, -0.05) is 54.4 Å². The summed E-state index contributed by atoms with van der Waals surface area (Å²) in [5, 5.41) is 3.65. The van der Waals surface area contributed by atoms with Crippen molar-refractivity contribution in [1.29, 1.82) is 0 Å². The lowest BCUT2D eigenvalue weighted by Gasteiger charge is -2.30. The predicted molar refractivity (Wildman–Crippen MR) is 70.2 cm³/mol. The first kappa shape index (κ1) is 15.0. The van der Waals surface area contributed by atoms with Crippen molar-refractivity contribution < 1.29 is 0 Å². The Kier molecular flexibility index (Phi) is 8.13. The van der Waals surface area contributed by atoms with Gasteiger partial charge in [0.1, 0.15) is 0 Å². The first-order valence-electron chi connectivity index (χ1n) is 6.76. The zero-order valence-electron chi connectivity index (χ0n) is 11.6. The Hall–Kier alpha value is -0.0400. The summed E-state index contributed by atoms with van der Waals surface area (Å²) >= 11 is 0. The normalized spacial score (nSPS) is 17.8. The number of rotatable bonds is 8. The summed E-state index contributed by atoms with van der Waals surface area (Å²) in [6.07, 6.45) is 4.02. The molecular formula is C14H31N. The van der Waals surface area contributed by atoms with Crippen LogP contribution in [-0.2, 0) is 0 Å². The third kappa shape index (κ3) is 6.19. The van der Waals surface area contributed by atoms with Crippen LogP contribution in [0.15, 0.2) is 0 Å². The molecular weight excluding hydrogens is 182 g/mol. The van der Waals surface area contributed by atoms with Gasteiger partial charge >= 0.3 is 0 Å². The van der Waals surface area contributed by atoms with Gasteiger partial charge in [-0.2, -0.15) is 0 Å². The van der Waals surface area contributed by atoms with Gasteiger partial charge in [0.15, 0.2) is 0 Å². The molecule has 0 aliphatic heterocycles. The molecule has 0 bridgehead atoms. The fourth-order valence-corrected chi connectivity index (χ4v) is 2.25. The van der Waals surface area contributed by atoms with Crippen LogP contribution in [0.1, 0.15) is 60.8 Å². The molecule has 15 heavy (non-hydrogen) atoms. The number of nitrogens with one attached hydrogen (secondary N) is 1. The molecule has 1 heteroatoms. The van der Waals surface area contributed by atoms with E-state index in [0.29, 0.717) is 6.04 Å². The van der Waals surface area contributed by atoms with Crippen LogP contribution in [0.5, 0.6) is 0 Å². The van der Waals surface area contributed by atoms with Crippen LogP contribution in [0, 0.1) is 17.8 Å². The lowest BCUT2D eigenvalue weighted by molar-refractivity contribution is 0.257. The molecule has 0 aliphatic rings. The molecule has 92 valence electrons. The zero-order chi connectivity index (χ0) is 11.8. The minimum absolute atomic E-state index is 0.705. The summed E-state index contributed by atoms with van der Waals surface area (Å²) in [5.74, 6) is 2.42. The Morgan fingerprint density at radius 3 is 2.00 bits per heavy atom. The lowest BCUT2D eigenvalue weighted by Crippen LogP contribution is -2.38. The monoisotopic (exact) mass is 213 g/mol. The maximum absolute atomic E-state index is 3.65. The Morgan fingerprint density at radius 1 is 1.00 bits per heavy atom. The van der Waals surface area contributed by atoms with E-state index >= 15 is 0 Å². The molecule has 0 heterocycles. The maximum Gasteiger partial charge on any atom is 0.00975 e. The molecule has 0 amide bonds. The van der Waals surface area contributed by atoms with Crippen molar-refractivity contribution in [2.45, 2.75) is 66.8 Å². The van der Waals surface area contributed by atoms with E-state index in [2.05, 4.69) is 46.9 Å². The fraction of sp³-hybridized carbons (Fsp3) is 1.00. The molecule has 0 saturated heterocycles. The Morgan fingerprint density at radius 2 is 1.60 bits per heavy atom. The fourth-order valence-electron chi connectivity index (χ4n) is 2.25. The molecule has 0 aliphatic carbocycles. The van der Waals surface area contributed by atoms with Crippen LogP contribution in [0.3, 0.4) is 0 Å². The van der Waals surface area contributed by atoms with Gasteiger partial charge in [0, 0.05) is 6.04 Å². The SMILES string of the molecule is CCCC(C)CC(NCC)C(C)C(C)C. The number of hydrogen-bond acceptors (Lipinski definition) is 1. The number of hydrogen-bond donors (Lipinski definition) is 1. The van der Waals surface area contributed by atoms with Gasteiger partial charge in [-0.15, -0.1) is 0 Å². The molecule has 0 saturated carbocycles. The van der Waals surface area contributed by atoms with Gasteiger partial charge in [-0.05, 0) is 30.7 Å². The van der Waals surface area contributed by atoms with Crippen molar-refractivity contribution in [1.82, 2.24) is 5.32 Å². The van der Waals surface area contributed by atoms with E-state index in [1.54, 1.807) is 0 Å². The zero-order valence-corrected chi connectivity index (χ0v) is 11.6. The minimum atomic E-state index is 0.705. The predicted octanol–water partition coefficient (Wildman–Crippen LogP) is 4.08. The summed E-state index contributed by atoms with van der Waals surface area (Å²) in [6, 6.07) is 0.705. The summed E-state index contributed by atoms with van der Waals surface area (Å²) in [7, 11) is 0. The maximum atomic E-state index is 3.65. The van der Waals surface area contributed by atoms with E-state index in [1.165, 1.54) is 19.3 Å². The molecule has 0 rings (SSSR count). The van der Waals surface area contributed by atoms with Crippen LogP contribution < -0.4 is 5.32 Å². The van der Waals surface area contributed by atoms with Crippen LogP contribution in [0.4, 0.5) is 0 Å². The van der Waals surface area contributed by atoms with E-state index in [-0.39, 0.29) is 0 Å². The largest absolute Gasteiger partial charge is 0.314 e. The highest BCUT2D eigenvalue weighted by atomic mass is 14.9. The van der Waals surface area contributed by atoms with Gasteiger partial charge in [-0.3, -0.25) is 0 Å². The molecule has 0 fully saturated rings. The quantitative estimate of drug-likeness (QED) is 0.640. The highest BCUT2D eigenvalue weighted by Gasteiger charge is 2.20. The molecule has 0 aromatic rings. The van der Waals surface area contributed by atoms with Crippen molar-refractivity contribution in [3.8, 4) is 0 Å². The molecule has 1 nitrogen and oxygen atoms in total. The first-order valence-corrected chi connectivity index (χ1v) is 6.76. The Labute approximate surface area is 97.0 Å². The van der Waals surface area contributed by atoms with Crippen molar-refractivity contribution in [2.24, 2.45) is 17.8 Å². The lowest BCUT2D eigenvalue weighted by atomic mass is 9.84. The molecule has 0 aromatic heterocycles. The molecule has 3 atom stereocenters. The summed E-state index contributed by atoms with van der Waals surface area (Å²) in [6.45, 7) is 15.0. The van der Waals surface area contributed by atoms with Gasteiger partial charge in [0.05, 0.1) is 0 Å². The van der Waals surface area contributed by atoms with E-state index in [0.717, 1.165) is 24.3 Å². The van der Waals surface area contributed by atoms with Gasteiger partial charge in [0.25, 0.3) is 0 Å². The Bertz CT molecular complexity index is 142. The van der Waals surface area contributed by atoms with Crippen molar-refractivity contribution in [3.05, 3.63) is 0 Å². The highest BCUT2D eigenvalue weighted by molar-refractivity contribution is 4.77. The first-order chi connectivity index (χ1) is 7.02. The second-order valence-corrected chi connectivity index (χ2v) is 5.40. The highest BCUT2D eigenvalue weighted by Crippen LogP contribution is 2.22. The molecule has 0 aromatic carbocycles. The average Bonchev–Trinajstić information content (AvgIpc) is 2.16. The van der Waals surface area contributed by atoms with Crippen molar-refractivity contribution in [2.75, 3.05) is 6.54 Å². The molecule has 0 radical (unpaired) electrons. The van der Waals surface area contributed by atoms with Gasteiger partial charge in [-0.25, -0.2) is 0 Å². The van der Waals surface area contributed by atoms with Gasteiger partial charge < -0.3 is 5.32 Å². The minimum Gasteiger partial charge on any atom is -0.314 e. The van der Waals surface area contributed by atoms with E-state index in [9.17, 15) is 0 Å². The van der Waals surface area contributed by atoms with Gasteiger partial charge in [0.2, 0.25) is 0 Å². The van der Waals surface area contributed by atoms with E-state index in [1.807, 2.05) is 0 Å². The third-order valence-corrected chi connectivity index (χ3v) is 3.59. The average molecular weight is 213 g/mol.